The highest BCUT2D eigenvalue weighted by Crippen LogP contribution is 2.43. The van der Waals surface area contributed by atoms with Gasteiger partial charge in [0, 0.05) is 80.7 Å². The number of phenols is 2. The average Bonchev–Trinajstić information content (AvgIpc) is 3.72. The zero-order valence-electron chi connectivity index (χ0n) is 28.4. The van der Waals surface area contributed by atoms with Gasteiger partial charge in [0.2, 0.25) is 0 Å². The molecule has 8 rings (SSSR count). The van der Waals surface area contributed by atoms with Crippen molar-refractivity contribution in [2.24, 2.45) is 0 Å². The number of pyridine rings is 2. The Balaban J connectivity index is 1.13. The van der Waals surface area contributed by atoms with Crippen molar-refractivity contribution in [3.05, 3.63) is 169 Å². The Morgan fingerprint density at radius 2 is 0.944 bits per heavy atom. The molecule has 0 atom stereocenters. The fraction of sp³-hybridized carbons (Fsp3) is 0. The predicted molar refractivity (Wildman–Crippen MR) is 204 cm³/mol. The molecule has 4 heterocycles. The number of benzene rings is 4. The number of anilines is 2. The molecule has 0 spiro atoms. The van der Waals surface area contributed by atoms with E-state index in [2.05, 4.69) is 9.97 Å². The summed E-state index contributed by atoms with van der Waals surface area (Å²) in [6, 6.07) is 31.7. The summed E-state index contributed by atoms with van der Waals surface area (Å²) in [4.78, 5) is 22.2. The van der Waals surface area contributed by atoms with Crippen LogP contribution < -0.4 is 11.5 Å². The Morgan fingerprint density at radius 1 is 0.537 bits per heavy atom. The van der Waals surface area contributed by atoms with Crippen LogP contribution in [0, 0.1) is 11.6 Å². The van der Waals surface area contributed by atoms with E-state index >= 15 is 0 Å². The number of carbonyl (C=O) groups excluding carboxylic acids is 1. The van der Waals surface area contributed by atoms with Gasteiger partial charge in [-0.1, -0.05) is 12.1 Å². The number of rotatable bonds is 8. The minimum atomic E-state index is -0.445. The minimum Gasteiger partial charge on any atom is -0.507 e. The second-order valence-electron chi connectivity index (χ2n) is 12.6. The molecule has 0 fully saturated rings. The molecule has 0 aliphatic heterocycles. The third kappa shape index (κ3) is 5.99. The van der Waals surface area contributed by atoms with Crippen molar-refractivity contribution in [3.63, 3.8) is 0 Å². The number of nitrogens with zero attached hydrogens (tertiary/aromatic N) is 4. The highest BCUT2D eigenvalue weighted by Gasteiger charge is 2.23. The van der Waals surface area contributed by atoms with Crippen molar-refractivity contribution in [2.45, 2.75) is 0 Å². The van der Waals surface area contributed by atoms with Gasteiger partial charge in [-0.3, -0.25) is 23.9 Å². The molecule has 9 nitrogen and oxygen atoms in total. The molecule has 264 valence electrons. The van der Waals surface area contributed by atoms with Gasteiger partial charge in [-0.25, -0.2) is 8.78 Å². The van der Waals surface area contributed by atoms with E-state index < -0.39 is 17.4 Å². The number of nitrogens with two attached hydrogens (primary N) is 2. The molecule has 8 aromatic rings. The van der Waals surface area contributed by atoms with Gasteiger partial charge in [0.25, 0.3) is 0 Å². The molecule has 0 aliphatic carbocycles. The van der Waals surface area contributed by atoms with Crippen LogP contribution >= 0.6 is 0 Å². The van der Waals surface area contributed by atoms with Gasteiger partial charge in [-0.15, -0.1) is 0 Å². The van der Waals surface area contributed by atoms with Gasteiger partial charge >= 0.3 is 0 Å². The minimum absolute atomic E-state index is 0.174. The van der Waals surface area contributed by atoms with Gasteiger partial charge in [-0.05, 0) is 109 Å². The summed E-state index contributed by atoms with van der Waals surface area (Å²) in [5.41, 5.74) is 19.5. The second kappa shape index (κ2) is 13.5. The van der Waals surface area contributed by atoms with E-state index in [1.807, 2.05) is 12.1 Å². The number of ketones is 1. The molecule has 0 bridgehead atoms. The zero-order chi connectivity index (χ0) is 37.5. The van der Waals surface area contributed by atoms with Crippen LogP contribution in [0.15, 0.2) is 146 Å². The van der Waals surface area contributed by atoms with Crippen LogP contribution in [0.25, 0.3) is 56.1 Å². The maximum Gasteiger partial charge on any atom is 0.193 e. The Kier molecular flexibility index (Phi) is 8.43. The maximum absolute atomic E-state index is 13.8. The predicted octanol–water partition coefficient (Wildman–Crippen LogP) is 8.81. The van der Waals surface area contributed by atoms with Crippen molar-refractivity contribution in [2.75, 3.05) is 11.5 Å². The van der Waals surface area contributed by atoms with E-state index in [0.29, 0.717) is 45.0 Å². The lowest BCUT2D eigenvalue weighted by atomic mass is 9.96. The molecule has 0 saturated heterocycles. The summed E-state index contributed by atoms with van der Waals surface area (Å²) in [6.07, 6.45) is 6.65. The molecule has 0 radical (unpaired) electrons. The Morgan fingerprint density at radius 3 is 1.30 bits per heavy atom. The quantitative estimate of drug-likeness (QED) is 0.115. The molecule has 0 unspecified atom stereocenters. The van der Waals surface area contributed by atoms with E-state index in [0.717, 1.165) is 11.1 Å². The Hall–Kier alpha value is -7.53. The fourth-order valence-electron chi connectivity index (χ4n) is 6.64. The summed E-state index contributed by atoms with van der Waals surface area (Å²) in [7, 11) is 0. The smallest absolute Gasteiger partial charge is 0.193 e. The Bertz CT molecular complexity index is 2490. The number of hydrogen-bond donors (Lipinski definition) is 4. The monoisotopic (exact) mass is 716 g/mol. The lowest BCUT2D eigenvalue weighted by molar-refractivity contribution is 0.103. The van der Waals surface area contributed by atoms with Gasteiger partial charge in [0.1, 0.15) is 34.8 Å². The number of carbonyl (C=O) groups is 1. The van der Waals surface area contributed by atoms with Crippen LogP contribution in [-0.2, 0) is 0 Å². The topological polar surface area (TPSA) is 145 Å². The standard InChI is InChI=1S/C43H30F2N6O3/c44-29-7-11-31(12-8-29)50-37(27-3-1-17-48-23-27)21-35(42(50)46)33-15-5-25(19-39(33)52)41(54)26-6-16-34(40(53)20-26)36-22-38(28-4-2-18-49-24-28)51(43(36)47)32-13-9-30(45)10-14-32/h1-24,52-53H,46-47H2. The molecule has 4 aromatic carbocycles. The maximum atomic E-state index is 13.8. The van der Waals surface area contributed by atoms with Gasteiger partial charge in [0.05, 0.1) is 11.4 Å². The average molecular weight is 717 g/mol. The van der Waals surface area contributed by atoms with Crippen LogP contribution in [0.5, 0.6) is 11.5 Å². The number of phenolic OH excluding ortho intramolecular Hbond substituents is 2. The summed E-state index contributed by atoms with van der Waals surface area (Å²) in [5.74, 6) is -1.05. The van der Waals surface area contributed by atoms with E-state index in [1.54, 1.807) is 107 Å². The van der Waals surface area contributed by atoms with Crippen LogP contribution in [0.4, 0.5) is 20.4 Å². The lowest BCUT2D eigenvalue weighted by Gasteiger charge is -2.13. The molecular formula is C43H30F2N6O3. The van der Waals surface area contributed by atoms with Gasteiger partial charge < -0.3 is 21.7 Å². The van der Waals surface area contributed by atoms with E-state index in [9.17, 15) is 23.8 Å². The first-order chi connectivity index (χ1) is 26.2. The summed E-state index contributed by atoms with van der Waals surface area (Å²) in [6.45, 7) is 0. The Labute approximate surface area is 307 Å². The largest absolute Gasteiger partial charge is 0.507 e. The highest BCUT2D eigenvalue weighted by molar-refractivity contribution is 6.10. The number of aromatic nitrogens is 4. The third-order valence-corrected chi connectivity index (χ3v) is 9.26. The van der Waals surface area contributed by atoms with Crippen molar-refractivity contribution in [3.8, 4) is 67.6 Å². The molecule has 6 N–H and O–H groups in total. The van der Waals surface area contributed by atoms with E-state index in [4.69, 9.17) is 11.5 Å². The third-order valence-electron chi connectivity index (χ3n) is 9.26. The number of aromatic hydroxyl groups is 2. The molecule has 54 heavy (non-hydrogen) atoms. The highest BCUT2D eigenvalue weighted by atomic mass is 19.1. The first kappa shape index (κ1) is 33.6. The second-order valence-corrected chi connectivity index (χ2v) is 12.6. The first-order valence-electron chi connectivity index (χ1n) is 16.7. The van der Waals surface area contributed by atoms with Crippen LogP contribution in [0.1, 0.15) is 15.9 Å². The number of nitrogen functional groups attached to an aromatic ring is 2. The molecule has 0 saturated carbocycles. The van der Waals surface area contributed by atoms with Gasteiger partial charge in [0.15, 0.2) is 5.78 Å². The fourth-order valence-corrected chi connectivity index (χ4v) is 6.64. The van der Waals surface area contributed by atoms with Crippen LogP contribution in [0.2, 0.25) is 0 Å². The molecular weight excluding hydrogens is 687 g/mol. The van der Waals surface area contributed by atoms with Crippen LogP contribution in [-0.4, -0.2) is 35.1 Å². The van der Waals surface area contributed by atoms with E-state index in [1.165, 1.54) is 36.4 Å². The molecule has 0 amide bonds. The molecule has 0 aliphatic rings. The van der Waals surface area contributed by atoms with Crippen molar-refractivity contribution < 1.29 is 23.8 Å². The van der Waals surface area contributed by atoms with Crippen LogP contribution in [0.3, 0.4) is 0 Å². The molecule has 4 aromatic heterocycles. The number of hydrogen-bond acceptors (Lipinski definition) is 7. The lowest BCUT2D eigenvalue weighted by Crippen LogP contribution is -2.04. The zero-order valence-corrected chi connectivity index (χ0v) is 28.4. The summed E-state index contributed by atoms with van der Waals surface area (Å²) in [5, 5.41) is 22.6. The normalized spacial score (nSPS) is 11.1. The van der Waals surface area contributed by atoms with E-state index in [-0.39, 0.29) is 34.3 Å². The first-order valence-corrected chi connectivity index (χ1v) is 16.7. The van der Waals surface area contributed by atoms with Gasteiger partial charge in [-0.2, -0.15) is 0 Å². The van der Waals surface area contributed by atoms with Crippen molar-refractivity contribution >= 4 is 17.4 Å². The van der Waals surface area contributed by atoms with Crippen molar-refractivity contribution in [1.29, 1.82) is 0 Å². The number of halogens is 2. The summed E-state index contributed by atoms with van der Waals surface area (Å²) >= 11 is 0. The van der Waals surface area contributed by atoms with Crippen molar-refractivity contribution in [1.82, 2.24) is 19.1 Å². The SMILES string of the molecule is Nc1c(-c2ccc(C(=O)c3ccc(-c4cc(-c5cccnc5)n(-c5ccc(F)cc5)c4N)c(O)c3)cc2O)cc(-c2cccnc2)n1-c1ccc(F)cc1. The molecule has 11 heteroatoms. The summed E-state index contributed by atoms with van der Waals surface area (Å²) < 4.78 is 31.1.